The van der Waals surface area contributed by atoms with Gasteiger partial charge in [0.2, 0.25) is 11.8 Å². The highest BCUT2D eigenvalue weighted by molar-refractivity contribution is 7.99. The van der Waals surface area contributed by atoms with E-state index < -0.39 is 0 Å². The summed E-state index contributed by atoms with van der Waals surface area (Å²) in [6, 6.07) is 14.3. The van der Waals surface area contributed by atoms with E-state index >= 15 is 0 Å². The van der Waals surface area contributed by atoms with E-state index in [1.54, 1.807) is 43.4 Å². The number of para-hydroxylation sites is 3. The molecule has 0 fully saturated rings. The number of carbonyl (C=O) groups excluding carboxylic acids is 2. The summed E-state index contributed by atoms with van der Waals surface area (Å²) < 4.78 is 1.44. The van der Waals surface area contributed by atoms with Crippen LogP contribution in [0, 0.1) is 0 Å². The second kappa shape index (κ2) is 6.88. The first-order valence-electron chi connectivity index (χ1n) is 8.32. The van der Waals surface area contributed by atoms with Crippen LogP contribution in [0.5, 0.6) is 0 Å². The summed E-state index contributed by atoms with van der Waals surface area (Å²) in [6.45, 7) is -0.0273. The van der Waals surface area contributed by atoms with Crippen molar-refractivity contribution >= 4 is 45.9 Å². The molecule has 0 saturated carbocycles. The Hall–Kier alpha value is -3.13. The lowest BCUT2D eigenvalue weighted by Crippen LogP contribution is -2.43. The highest BCUT2D eigenvalue weighted by Gasteiger charge is 2.26. The molecule has 4 rings (SSSR count). The number of hydrogen-bond donors (Lipinski definition) is 1. The molecule has 1 aromatic heterocycles. The van der Waals surface area contributed by atoms with Crippen molar-refractivity contribution in [2.24, 2.45) is 7.05 Å². The molecular formula is C19H16N4O3S. The van der Waals surface area contributed by atoms with E-state index in [-0.39, 0.29) is 29.7 Å². The minimum absolute atomic E-state index is 0.0273. The smallest absolute Gasteiger partial charge is 0.261 e. The summed E-state index contributed by atoms with van der Waals surface area (Å²) in [5.74, 6) is -0.381. The number of nitrogens with one attached hydrogen (secondary N) is 1. The Morgan fingerprint density at radius 2 is 1.89 bits per heavy atom. The maximum atomic E-state index is 12.7. The Morgan fingerprint density at radius 3 is 2.74 bits per heavy atom. The second-order valence-electron chi connectivity index (χ2n) is 6.11. The number of nitrogens with zero attached hydrogens (tertiary/aromatic N) is 3. The van der Waals surface area contributed by atoms with Crippen molar-refractivity contribution in [3.05, 3.63) is 58.9 Å². The van der Waals surface area contributed by atoms with Gasteiger partial charge in [-0.2, -0.15) is 0 Å². The Labute approximate surface area is 159 Å². The Balaban J connectivity index is 1.59. The van der Waals surface area contributed by atoms with Gasteiger partial charge in [0.1, 0.15) is 6.54 Å². The van der Waals surface area contributed by atoms with E-state index in [1.807, 2.05) is 12.1 Å². The van der Waals surface area contributed by atoms with Crippen molar-refractivity contribution in [3.8, 4) is 0 Å². The number of anilines is 2. The lowest BCUT2D eigenvalue weighted by atomic mass is 10.2. The first-order chi connectivity index (χ1) is 13.0. The molecule has 2 heterocycles. The van der Waals surface area contributed by atoms with E-state index in [1.165, 1.54) is 21.2 Å². The molecule has 1 N–H and O–H groups in total. The molecule has 136 valence electrons. The third-order valence-electron chi connectivity index (χ3n) is 4.34. The SMILES string of the molecule is Cn1c(SCC(=O)N2CC(=O)Nc3ccccc32)nc2ccccc2c1=O. The third-order valence-corrected chi connectivity index (χ3v) is 5.35. The lowest BCUT2D eigenvalue weighted by Gasteiger charge is -2.29. The fourth-order valence-electron chi connectivity index (χ4n) is 2.99. The van der Waals surface area contributed by atoms with E-state index in [2.05, 4.69) is 10.3 Å². The minimum Gasteiger partial charge on any atom is -0.323 e. The van der Waals surface area contributed by atoms with Gasteiger partial charge in [0.25, 0.3) is 5.56 Å². The van der Waals surface area contributed by atoms with Gasteiger partial charge in [-0.1, -0.05) is 36.0 Å². The van der Waals surface area contributed by atoms with Crippen molar-refractivity contribution in [1.29, 1.82) is 0 Å². The average molecular weight is 380 g/mol. The van der Waals surface area contributed by atoms with Gasteiger partial charge in [-0.15, -0.1) is 0 Å². The molecule has 1 aliphatic rings. The van der Waals surface area contributed by atoms with Crippen LogP contribution >= 0.6 is 11.8 Å². The van der Waals surface area contributed by atoms with E-state index in [9.17, 15) is 14.4 Å². The van der Waals surface area contributed by atoms with Gasteiger partial charge >= 0.3 is 0 Å². The molecule has 7 nitrogen and oxygen atoms in total. The summed E-state index contributed by atoms with van der Waals surface area (Å²) in [5.41, 5.74) is 1.72. The monoisotopic (exact) mass is 380 g/mol. The fourth-order valence-corrected chi connectivity index (χ4v) is 3.83. The van der Waals surface area contributed by atoms with Gasteiger partial charge in [0.15, 0.2) is 5.16 Å². The van der Waals surface area contributed by atoms with Gasteiger partial charge in [-0.05, 0) is 24.3 Å². The first-order valence-corrected chi connectivity index (χ1v) is 9.31. The molecule has 27 heavy (non-hydrogen) atoms. The van der Waals surface area contributed by atoms with E-state index in [0.717, 1.165) is 0 Å². The van der Waals surface area contributed by atoms with Gasteiger partial charge in [-0.25, -0.2) is 4.98 Å². The standard InChI is InChI=1S/C19H16N4O3S/c1-22-18(26)12-6-2-3-7-13(12)21-19(22)27-11-17(25)23-10-16(24)20-14-8-4-5-9-15(14)23/h2-9H,10-11H2,1H3,(H,20,24). The predicted octanol–water partition coefficient (Wildman–Crippen LogP) is 2.01. The van der Waals surface area contributed by atoms with Gasteiger partial charge in [0, 0.05) is 7.05 Å². The molecule has 1 aliphatic heterocycles. The van der Waals surface area contributed by atoms with Gasteiger partial charge < -0.3 is 10.2 Å². The van der Waals surface area contributed by atoms with Crippen molar-refractivity contribution < 1.29 is 9.59 Å². The molecule has 0 radical (unpaired) electrons. The third kappa shape index (κ3) is 3.19. The number of amides is 2. The van der Waals surface area contributed by atoms with Crippen molar-refractivity contribution in [2.75, 3.05) is 22.5 Å². The molecule has 2 amide bonds. The van der Waals surface area contributed by atoms with Gasteiger partial charge in [0.05, 0.1) is 28.0 Å². The van der Waals surface area contributed by atoms with Crippen molar-refractivity contribution in [3.63, 3.8) is 0 Å². The average Bonchev–Trinajstić information content (AvgIpc) is 2.68. The molecule has 2 aromatic carbocycles. The summed E-state index contributed by atoms with van der Waals surface area (Å²) in [6.07, 6.45) is 0. The first kappa shape index (κ1) is 17.3. The quantitative estimate of drug-likeness (QED) is 0.555. The van der Waals surface area contributed by atoms with Crippen LogP contribution in [-0.2, 0) is 16.6 Å². The molecule has 0 atom stereocenters. The highest BCUT2D eigenvalue weighted by atomic mass is 32.2. The zero-order chi connectivity index (χ0) is 19.0. The molecule has 0 saturated heterocycles. The number of hydrogen-bond acceptors (Lipinski definition) is 5. The van der Waals surface area contributed by atoms with Crippen LogP contribution in [0.25, 0.3) is 10.9 Å². The van der Waals surface area contributed by atoms with Crippen LogP contribution < -0.4 is 15.8 Å². The van der Waals surface area contributed by atoms with Crippen LogP contribution in [0.4, 0.5) is 11.4 Å². The molecule has 0 bridgehead atoms. The predicted molar refractivity (Wildman–Crippen MR) is 105 cm³/mol. The fraction of sp³-hybridized carbons (Fsp3) is 0.158. The Kier molecular flexibility index (Phi) is 4.41. The van der Waals surface area contributed by atoms with Crippen molar-refractivity contribution in [2.45, 2.75) is 5.16 Å². The van der Waals surface area contributed by atoms with Gasteiger partial charge in [-0.3, -0.25) is 19.0 Å². The zero-order valence-corrected chi connectivity index (χ0v) is 15.3. The zero-order valence-electron chi connectivity index (χ0n) is 14.5. The van der Waals surface area contributed by atoms with Crippen LogP contribution in [0.2, 0.25) is 0 Å². The van der Waals surface area contributed by atoms with Crippen LogP contribution in [0.3, 0.4) is 0 Å². The maximum absolute atomic E-state index is 12.7. The van der Waals surface area contributed by atoms with E-state index in [4.69, 9.17) is 0 Å². The number of thioether (sulfide) groups is 1. The topological polar surface area (TPSA) is 84.3 Å². The molecule has 0 spiro atoms. The number of benzene rings is 2. The molecule has 0 aliphatic carbocycles. The Bertz CT molecular complexity index is 1130. The Morgan fingerprint density at radius 1 is 1.15 bits per heavy atom. The molecule has 0 unspecified atom stereocenters. The van der Waals surface area contributed by atoms with Crippen LogP contribution in [0.15, 0.2) is 58.5 Å². The lowest BCUT2D eigenvalue weighted by molar-refractivity contribution is -0.120. The van der Waals surface area contributed by atoms with Crippen LogP contribution in [-0.4, -0.2) is 33.7 Å². The number of carbonyl (C=O) groups is 2. The highest BCUT2D eigenvalue weighted by Crippen LogP contribution is 2.29. The molecule has 8 heteroatoms. The summed E-state index contributed by atoms with van der Waals surface area (Å²) in [4.78, 5) is 43.0. The van der Waals surface area contributed by atoms with Crippen LogP contribution in [0.1, 0.15) is 0 Å². The molecular weight excluding hydrogens is 364 g/mol. The summed E-state index contributed by atoms with van der Waals surface area (Å²) in [5, 5.41) is 3.76. The summed E-state index contributed by atoms with van der Waals surface area (Å²) >= 11 is 1.18. The number of aromatic nitrogens is 2. The molecule has 3 aromatic rings. The number of fused-ring (bicyclic) bond motifs is 2. The van der Waals surface area contributed by atoms with E-state index in [0.29, 0.717) is 27.4 Å². The largest absolute Gasteiger partial charge is 0.323 e. The normalized spacial score (nSPS) is 13.4. The van der Waals surface area contributed by atoms with Crippen molar-refractivity contribution in [1.82, 2.24) is 9.55 Å². The minimum atomic E-state index is -0.233. The number of rotatable bonds is 3. The second-order valence-corrected chi connectivity index (χ2v) is 7.05. The summed E-state index contributed by atoms with van der Waals surface area (Å²) in [7, 11) is 1.64. The maximum Gasteiger partial charge on any atom is 0.261 e.